The van der Waals surface area contributed by atoms with E-state index in [1.807, 2.05) is 12.1 Å². The van der Waals surface area contributed by atoms with Gasteiger partial charge in [-0.15, -0.1) is 12.4 Å². The van der Waals surface area contributed by atoms with Crippen LogP contribution in [-0.4, -0.2) is 35.6 Å². The quantitative estimate of drug-likeness (QED) is 0.889. The first kappa shape index (κ1) is 18.5. The van der Waals surface area contributed by atoms with E-state index in [9.17, 15) is 4.79 Å². The van der Waals surface area contributed by atoms with Crippen molar-refractivity contribution in [2.24, 2.45) is 5.92 Å². The molecule has 0 aromatic heterocycles. The lowest BCUT2D eigenvalue weighted by Crippen LogP contribution is -2.40. The Kier molecular flexibility index (Phi) is 6.83. The normalized spacial score (nSPS) is 18.1. The summed E-state index contributed by atoms with van der Waals surface area (Å²) in [4.78, 5) is 13.1. The molecular weight excluding hydrogens is 322 g/mol. The molecule has 3 nitrogen and oxygen atoms in total. The summed E-state index contributed by atoms with van der Waals surface area (Å²) in [5.74, 6) is 0.0449. The third kappa shape index (κ3) is 4.59. The van der Waals surface area contributed by atoms with E-state index in [0.717, 1.165) is 25.9 Å². The van der Waals surface area contributed by atoms with Crippen molar-refractivity contribution in [3.05, 3.63) is 71.8 Å². The number of benzene rings is 2. The molecule has 0 spiro atoms. The van der Waals surface area contributed by atoms with E-state index in [1.54, 1.807) is 0 Å². The fourth-order valence-electron chi connectivity index (χ4n) is 3.76. The molecule has 2 aromatic rings. The van der Waals surface area contributed by atoms with Crippen LogP contribution < -0.4 is 0 Å². The lowest BCUT2D eigenvalue weighted by molar-refractivity contribution is -0.138. The van der Waals surface area contributed by atoms with Crippen LogP contribution in [0.4, 0.5) is 0 Å². The minimum absolute atomic E-state index is 0. The number of hydrogen-bond acceptors (Lipinski definition) is 2. The van der Waals surface area contributed by atoms with E-state index < -0.39 is 5.97 Å². The largest absolute Gasteiger partial charge is 0.480 e. The van der Waals surface area contributed by atoms with Crippen LogP contribution in [0.3, 0.4) is 0 Å². The van der Waals surface area contributed by atoms with Gasteiger partial charge in [0.15, 0.2) is 0 Å². The van der Waals surface area contributed by atoms with Gasteiger partial charge >= 0.3 is 5.97 Å². The zero-order valence-electron chi connectivity index (χ0n) is 13.7. The molecule has 1 heterocycles. The number of likely N-dealkylation sites (tertiary alicyclic amines) is 1. The first-order valence-electron chi connectivity index (χ1n) is 8.28. The van der Waals surface area contributed by atoms with Gasteiger partial charge in [0.05, 0.1) is 6.54 Å². The standard InChI is InChI=1S/C20H23NO2.ClH/c22-19(23)15-21-13-7-12-18(14-21)20(16-8-3-1-4-9-16)17-10-5-2-6-11-17;/h1-6,8-11,18,20H,7,12-15H2,(H,22,23);1H. The van der Waals surface area contributed by atoms with Gasteiger partial charge in [0.25, 0.3) is 0 Å². The van der Waals surface area contributed by atoms with Crippen LogP contribution in [-0.2, 0) is 4.79 Å². The van der Waals surface area contributed by atoms with E-state index in [1.165, 1.54) is 11.1 Å². The first-order valence-corrected chi connectivity index (χ1v) is 8.28. The Morgan fingerprint density at radius 1 is 1.04 bits per heavy atom. The molecule has 24 heavy (non-hydrogen) atoms. The molecule has 2 aromatic carbocycles. The van der Waals surface area contributed by atoms with Gasteiger partial charge in [-0.05, 0) is 36.4 Å². The third-order valence-corrected chi connectivity index (χ3v) is 4.69. The molecule has 1 aliphatic heterocycles. The van der Waals surface area contributed by atoms with Crippen LogP contribution >= 0.6 is 12.4 Å². The van der Waals surface area contributed by atoms with E-state index in [-0.39, 0.29) is 19.0 Å². The van der Waals surface area contributed by atoms with Gasteiger partial charge in [0.2, 0.25) is 0 Å². The predicted molar refractivity (Wildman–Crippen MR) is 98.8 cm³/mol. The Hall–Kier alpha value is -1.84. The van der Waals surface area contributed by atoms with Crippen molar-refractivity contribution in [1.29, 1.82) is 0 Å². The molecule has 1 atom stereocenters. The molecule has 128 valence electrons. The minimum Gasteiger partial charge on any atom is -0.480 e. The van der Waals surface area contributed by atoms with Crippen molar-refractivity contribution in [3.63, 3.8) is 0 Å². The van der Waals surface area contributed by atoms with Crippen molar-refractivity contribution < 1.29 is 9.90 Å². The summed E-state index contributed by atoms with van der Waals surface area (Å²) in [6, 6.07) is 21.2. The van der Waals surface area contributed by atoms with Crippen LogP contribution in [0.5, 0.6) is 0 Å². The number of piperidine rings is 1. The second-order valence-electron chi connectivity index (χ2n) is 6.33. The van der Waals surface area contributed by atoms with E-state index in [0.29, 0.717) is 11.8 Å². The maximum atomic E-state index is 11.0. The van der Waals surface area contributed by atoms with Gasteiger partial charge in [-0.25, -0.2) is 0 Å². The number of carbonyl (C=O) groups is 1. The zero-order chi connectivity index (χ0) is 16.1. The summed E-state index contributed by atoms with van der Waals surface area (Å²) < 4.78 is 0. The molecule has 1 fully saturated rings. The van der Waals surface area contributed by atoms with Gasteiger partial charge in [0.1, 0.15) is 0 Å². The maximum Gasteiger partial charge on any atom is 0.317 e. The molecule has 0 bridgehead atoms. The number of halogens is 1. The molecular formula is C20H24ClNO2. The number of rotatable bonds is 5. The molecule has 1 saturated heterocycles. The molecule has 1 aliphatic rings. The third-order valence-electron chi connectivity index (χ3n) is 4.69. The Morgan fingerprint density at radius 3 is 2.08 bits per heavy atom. The van der Waals surface area contributed by atoms with Crippen molar-refractivity contribution in [3.8, 4) is 0 Å². The highest BCUT2D eigenvalue weighted by atomic mass is 35.5. The van der Waals surface area contributed by atoms with E-state index in [2.05, 4.69) is 53.4 Å². The Bertz CT molecular complexity index is 593. The van der Waals surface area contributed by atoms with Crippen LogP contribution in [0.25, 0.3) is 0 Å². The van der Waals surface area contributed by atoms with Crippen LogP contribution in [0, 0.1) is 5.92 Å². The molecule has 1 unspecified atom stereocenters. The highest BCUT2D eigenvalue weighted by Crippen LogP contribution is 2.36. The highest BCUT2D eigenvalue weighted by molar-refractivity contribution is 5.85. The maximum absolute atomic E-state index is 11.0. The molecule has 3 rings (SSSR count). The van der Waals surface area contributed by atoms with Crippen molar-refractivity contribution in [2.45, 2.75) is 18.8 Å². The smallest absolute Gasteiger partial charge is 0.317 e. The van der Waals surface area contributed by atoms with Crippen LogP contribution in [0.2, 0.25) is 0 Å². The average Bonchev–Trinajstić information content (AvgIpc) is 2.57. The van der Waals surface area contributed by atoms with E-state index in [4.69, 9.17) is 5.11 Å². The van der Waals surface area contributed by atoms with Gasteiger partial charge in [-0.2, -0.15) is 0 Å². The van der Waals surface area contributed by atoms with E-state index >= 15 is 0 Å². The molecule has 4 heteroatoms. The summed E-state index contributed by atoms with van der Waals surface area (Å²) in [6.45, 7) is 1.88. The topological polar surface area (TPSA) is 40.5 Å². The second-order valence-corrected chi connectivity index (χ2v) is 6.33. The number of hydrogen-bond donors (Lipinski definition) is 1. The Labute approximate surface area is 149 Å². The number of aliphatic carboxylic acids is 1. The van der Waals surface area contributed by atoms with Crippen molar-refractivity contribution in [2.75, 3.05) is 19.6 Å². The first-order chi connectivity index (χ1) is 11.2. The summed E-state index contributed by atoms with van der Waals surface area (Å²) in [7, 11) is 0. The van der Waals surface area contributed by atoms with Crippen LogP contribution in [0.1, 0.15) is 29.9 Å². The predicted octanol–water partition coefficient (Wildman–Crippen LogP) is 4.04. The molecule has 0 saturated carbocycles. The number of nitrogens with zero attached hydrogens (tertiary/aromatic N) is 1. The lowest BCUT2D eigenvalue weighted by Gasteiger charge is -2.37. The summed E-state index contributed by atoms with van der Waals surface area (Å²) in [5, 5.41) is 9.08. The Morgan fingerprint density at radius 2 is 1.58 bits per heavy atom. The molecule has 0 amide bonds. The molecule has 0 radical (unpaired) electrons. The van der Waals surface area contributed by atoms with Crippen LogP contribution in [0.15, 0.2) is 60.7 Å². The fraction of sp³-hybridized carbons (Fsp3) is 0.350. The summed E-state index contributed by atoms with van der Waals surface area (Å²) in [6.07, 6.45) is 2.21. The average molecular weight is 346 g/mol. The Balaban J connectivity index is 0.00000208. The van der Waals surface area contributed by atoms with Crippen molar-refractivity contribution in [1.82, 2.24) is 4.90 Å². The fourth-order valence-corrected chi connectivity index (χ4v) is 3.76. The second kappa shape index (κ2) is 8.86. The summed E-state index contributed by atoms with van der Waals surface area (Å²) >= 11 is 0. The minimum atomic E-state index is -0.735. The van der Waals surface area contributed by atoms with Gasteiger partial charge in [-0.3, -0.25) is 9.69 Å². The number of carboxylic acid groups (broad SMARTS) is 1. The van der Waals surface area contributed by atoms with Gasteiger partial charge < -0.3 is 5.11 Å². The molecule has 1 N–H and O–H groups in total. The lowest BCUT2D eigenvalue weighted by atomic mass is 9.77. The monoisotopic (exact) mass is 345 g/mol. The zero-order valence-corrected chi connectivity index (χ0v) is 14.5. The van der Waals surface area contributed by atoms with Crippen molar-refractivity contribution >= 4 is 18.4 Å². The highest BCUT2D eigenvalue weighted by Gasteiger charge is 2.30. The van der Waals surface area contributed by atoms with Gasteiger partial charge in [-0.1, -0.05) is 60.7 Å². The molecule has 0 aliphatic carbocycles. The SMILES string of the molecule is Cl.O=C(O)CN1CCCC(C(c2ccccc2)c2ccccc2)C1. The number of carboxylic acids is 1. The van der Waals surface area contributed by atoms with Gasteiger partial charge in [0, 0.05) is 12.5 Å². The summed E-state index contributed by atoms with van der Waals surface area (Å²) in [5.41, 5.74) is 2.64.